The second-order valence-corrected chi connectivity index (χ2v) is 5.21. The topological polar surface area (TPSA) is 58.4 Å². The monoisotopic (exact) mass is 259 g/mol. The fraction of sp³-hybridized carbons (Fsp3) is 0.429. The summed E-state index contributed by atoms with van der Waals surface area (Å²) in [4.78, 5) is 17.4. The maximum Gasteiger partial charge on any atom is 0.409 e. The number of carboxylic acid groups (broad SMARTS) is 1. The summed E-state index contributed by atoms with van der Waals surface area (Å²) in [6, 6.07) is 7.83. The molecular formula is C14H17N3O2. The zero-order valence-corrected chi connectivity index (χ0v) is 10.9. The van der Waals surface area contributed by atoms with Crippen molar-refractivity contribution >= 4 is 17.1 Å². The van der Waals surface area contributed by atoms with Crippen molar-refractivity contribution in [2.24, 2.45) is 0 Å². The summed E-state index contributed by atoms with van der Waals surface area (Å²) in [6.07, 6.45) is 3.67. The minimum absolute atomic E-state index is 0.541. The predicted octanol–water partition coefficient (Wildman–Crippen LogP) is 2.87. The maximum absolute atomic E-state index is 11.5. The van der Waals surface area contributed by atoms with Crippen molar-refractivity contribution in [3.63, 3.8) is 0 Å². The van der Waals surface area contributed by atoms with E-state index in [0.29, 0.717) is 6.54 Å². The Labute approximate surface area is 111 Å². The van der Waals surface area contributed by atoms with E-state index in [1.807, 2.05) is 35.8 Å². The van der Waals surface area contributed by atoms with E-state index in [4.69, 9.17) is 0 Å². The molecule has 1 aliphatic rings. The van der Waals surface area contributed by atoms with Crippen LogP contribution in [0.25, 0.3) is 11.0 Å². The Morgan fingerprint density at radius 1 is 1.37 bits per heavy atom. The number of carbonyl (C=O) groups is 1. The minimum atomic E-state index is -0.861. The molecule has 1 atom stereocenters. The molecule has 0 bridgehead atoms. The number of piperidine rings is 1. The van der Waals surface area contributed by atoms with Crippen LogP contribution in [0, 0.1) is 0 Å². The van der Waals surface area contributed by atoms with Gasteiger partial charge >= 0.3 is 6.09 Å². The molecule has 1 saturated heterocycles. The third-order valence-electron chi connectivity index (χ3n) is 4.07. The van der Waals surface area contributed by atoms with Gasteiger partial charge < -0.3 is 9.67 Å². The number of hydrogen-bond acceptors (Lipinski definition) is 2. The second kappa shape index (κ2) is 4.26. The highest BCUT2D eigenvalue weighted by atomic mass is 16.4. The van der Waals surface area contributed by atoms with Crippen LogP contribution in [-0.4, -0.2) is 32.2 Å². The fourth-order valence-electron chi connectivity index (χ4n) is 3.00. The molecule has 1 aromatic heterocycles. The van der Waals surface area contributed by atoms with Crippen LogP contribution in [-0.2, 0) is 5.66 Å². The van der Waals surface area contributed by atoms with Gasteiger partial charge in [0.25, 0.3) is 0 Å². The number of nitrogens with zero attached hydrogens (tertiary/aromatic N) is 3. The first kappa shape index (κ1) is 12.0. The van der Waals surface area contributed by atoms with Gasteiger partial charge in [-0.25, -0.2) is 9.78 Å². The minimum Gasteiger partial charge on any atom is -0.465 e. The van der Waals surface area contributed by atoms with Crippen molar-refractivity contribution < 1.29 is 9.90 Å². The van der Waals surface area contributed by atoms with Crippen LogP contribution < -0.4 is 0 Å². The van der Waals surface area contributed by atoms with Gasteiger partial charge in [-0.2, -0.15) is 0 Å². The van der Waals surface area contributed by atoms with Gasteiger partial charge in [-0.1, -0.05) is 12.1 Å². The smallest absolute Gasteiger partial charge is 0.409 e. The standard InChI is InChI=1S/C14H17N3O2/c1-14(8-4-5-9-16(14)13(18)19)17-10-15-11-6-2-3-7-12(11)17/h2-3,6-7,10H,4-5,8-9H2,1H3,(H,18,19). The summed E-state index contributed by atoms with van der Waals surface area (Å²) >= 11 is 0. The van der Waals surface area contributed by atoms with Gasteiger partial charge in [0.2, 0.25) is 0 Å². The van der Waals surface area contributed by atoms with Gasteiger partial charge in [0, 0.05) is 6.54 Å². The molecule has 0 spiro atoms. The molecule has 2 heterocycles. The molecule has 5 heteroatoms. The number of para-hydroxylation sites is 2. The normalized spacial score (nSPS) is 23.7. The first-order valence-corrected chi connectivity index (χ1v) is 6.56. The molecule has 2 aromatic rings. The molecule has 100 valence electrons. The summed E-state index contributed by atoms with van der Waals surface area (Å²) in [5.74, 6) is 0. The Bertz CT molecular complexity index is 622. The average molecular weight is 259 g/mol. The maximum atomic E-state index is 11.5. The summed E-state index contributed by atoms with van der Waals surface area (Å²) in [6.45, 7) is 2.56. The number of amides is 1. The van der Waals surface area contributed by atoms with Crippen LogP contribution >= 0.6 is 0 Å². The molecule has 5 nitrogen and oxygen atoms in total. The first-order chi connectivity index (χ1) is 9.13. The lowest BCUT2D eigenvalue weighted by atomic mass is 9.96. The Morgan fingerprint density at radius 3 is 2.95 bits per heavy atom. The molecule has 1 aromatic carbocycles. The third kappa shape index (κ3) is 1.77. The molecular weight excluding hydrogens is 242 g/mol. The third-order valence-corrected chi connectivity index (χ3v) is 4.07. The lowest BCUT2D eigenvalue weighted by Gasteiger charge is -2.44. The molecule has 1 fully saturated rings. The molecule has 3 rings (SSSR count). The van der Waals surface area contributed by atoms with Crippen molar-refractivity contribution in [2.75, 3.05) is 6.54 Å². The van der Waals surface area contributed by atoms with E-state index in [9.17, 15) is 9.90 Å². The zero-order valence-electron chi connectivity index (χ0n) is 10.9. The Hall–Kier alpha value is -2.04. The highest BCUT2D eigenvalue weighted by Crippen LogP contribution is 2.34. The largest absolute Gasteiger partial charge is 0.465 e. The van der Waals surface area contributed by atoms with Crippen molar-refractivity contribution in [2.45, 2.75) is 31.8 Å². The summed E-state index contributed by atoms with van der Waals surface area (Å²) < 4.78 is 2.00. The van der Waals surface area contributed by atoms with Gasteiger partial charge in [0.05, 0.1) is 17.4 Å². The average Bonchev–Trinajstić information content (AvgIpc) is 2.83. The van der Waals surface area contributed by atoms with Crippen LogP contribution in [0.1, 0.15) is 26.2 Å². The molecule has 1 aliphatic heterocycles. The van der Waals surface area contributed by atoms with Crippen LogP contribution in [0.3, 0.4) is 0 Å². The van der Waals surface area contributed by atoms with E-state index >= 15 is 0 Å². The highest BCUT2D eigenvalue weighted by Gasteiger charge is 2.39. The van der Waals surface area contributed by atoms with E-state index in [-0.39, 0.29) is 0 Å². The molecule has 0 saturated carbocycles. The molecule has 19 heavy (non-hydrogen) atoms. The van der Waals surface area contributed by atoms with E-state index < -0.39 is 11.8 Å². The number of hydrogen-bond donors (Lipinski definition) is 1. The lowest BCUT2D eigenvalue weighted by Crippen LogP contribution is -2.53. The lowest BCUT2D eigenvalue weighted by molar-refractivity contribution is 0.0114. The Morgan fingerprint density at radius 2 is 2.16 bits per heavy atom. The van der Waals surface area contributed by atoms with Gasteiger partial charge in [-0.05, 0) is 38.3 Å². The van der Waals surface area contributed by atoms with Crippen molar-refractivity contribution in [3.8, 4) is 0 Å². The van der Waals surface area contributed by atoms with Crippen LogP contribution in [0.2, 0.25) is 0 Å². The summed E-state index contributed by atoms with van der Waals surface area (Å²) in [7, 11) is 0. The van der Waals surface area contributed by atoms with Gasteiger partial charge in [-0.15, -0.1) is 0 Å². The first-order valence-electron chi connectivity index (χ1n) is 6.56. The molecule has 1 unspecified atom stereocenters. The number of rotatable bonds is 1. The number of benzene rings is 1. The Balaban J connectivity index is 2.14. The van der Waals surface area contributed by atoms with E-state index in [0.717, 1.165) is 30.3 Å². The fourth-order valence-corrected chi connectivity index (χ4v) is 3.00. The second-order valence-electron chi connectivity index (χ2n) is 5.21. The van der Waals surface area contributed by atoms with Crippen molar-refractivity contribution in [1.29, 1.82) is 0 Å². The van der Waals surface area contributed by atoms with Gasteiger partial charge in [-0.3, -0.25) is 4.90 Å². The predicted molar refractivity (Wildman–Crippen MR) is 72.0 cm³/mol. The number of fused-ring (bicyclic) bond motifs is 1. The van der Waals surface area contributed by atoms with Crippen molar-refractivity contribution in [1.82, 2.24) is 14.5 Å². The van der Waals surface area contributed by atoms with Crippen LogP contribution in [0.15, 0.2) is 30.6 Å². The van der Waals surface area contributed by atoms with Gasteiger partial charge in [0.1, 0.15) is 5.66 Å². The molecule has 1 N–H and O–H groups in total. The zero-order chi connectivity index (χ0) is 13.5. The molecule has 0 radical (unpaired) electrons. The van der Waals surface area contributed by atoms with Crippen LogP contribution in [0.5, 0.6) is 0 Å². The van der Waals surface area contributed by atoms with E-state index in [1.54, 1.807) is 6.33 Å². The summed E-state index contributed by atoms with van der Waals surface area (Å²) in [5.41, 5.74) is 1.35. The molecule has 1 amide bonds. The van der Waals surface area contributed by atoms with Gasteiger partial charge in [0.15, 0.2) is 0 Å². The Kier molecular flexibility index (Phi) is 2.69. The molecule has 0 aliphatic carbocycles. The summed E-state index contributed by atoms with van der Waals surface area (Å²) in [5, 5.41) is 9.44. The quantitative estimate of drug-likeness (QED) is 0.856. The number of likely N-dealkylation sites (tertiary alicyclic amines) is 1. The SMILES string of the molecule is CC1(n2cnc3ccccc32)CCCCN1C(=O)O. The van der Waals surface area contributed by atoms with E-state index in [2.05, 4.69) is 4.98 Å². The van der Waals surface area contributed by atoms with E-state index in [1.165, 1.54) is 4.90 Å². The number of aromatic nitrogens is 2. The highest BCUT2D eigenvalue weighted by molar-refractivity contribution is 5.76. The number of imidazole rings is 1. The van der Waals surface area contributed by atoms with Crippen molar-refractivity contribution in [3.05, 3.63) is 30.6 Å². The van der Waals surface area contributed by atoms with Crippen LogP contribution in [0.4, 0.5) is 4.79 Å².